The molecule has 2 nitrogen and oxygen atoms in total. The molecule has 2 N–H and O–H groups in total. The quantitative estimate of drug-likeness (QED) is 0.824. The molecule has 0 fully saturated rings. The molecule has 1 aromatic rings. The van der Waals surface area contributed by atoms with E-state index >= 15 is 0 Å². The minimum Gasteiger partial charge on any atom is -0.324 e. The number of nitrogens with two attached hydrogens (primary N) is 1. The molecule has 0 amide bonds. The largest absolute Gasteiger partial charge is 0.324 e. The molecule has 1 atom stereocenters. The molecule has 0 saturated carbocycles. The van der Waals surface area contributed by atoms with Gasteiger partial charge in [-0.1, -0.05) is 32.8 Å². The van der Waals surface area contributed by atoms with E-state index < -0.39 is 0 Å². The Labute approximate surface area is 99.3 Å². The minimum absolute atomic E-state index is 0.145. The van der Waals surface area contributed by atoms with E-state index in [1.54, 1.807) is 0 Å². The number of aryl methyl sites for hydroxylation is 2. The van der Waals surface area contributed by atoms with Gasteiger partial charge in [-0.05, 0) is 37.8 Å². The summed E-state index contributed by atoms with van der Waals surface area (Å²) in [7, 11) is 0. The van der Waals surface area contributed by atoms with E-state index in [-0.39, 0.29) is 6.04 Å². The predicted molar refractivity (Wildman–Crippen MR) is 69.3 cm³/mol. The van der Waals surface area contributed by atoms with Gasteiger partial charge in [0.2, 0.25) is 0 Å². The third-order valence-corrected chi connectivity index (χ3v) is 2.96. The fourth-order valence-corrected chi connectivity index (χ4v) is 1.99. The molecule has 0 aliphatic heterocycles. The van der Waals surface area contributed by atoms with Crippen molar-refractivity contribution in [2.45, 2.75) is 53.0 Å². The normalized spacial score (nSPS) is 13.1. The van der Waals surface area contributed by atoms with E-state index in [1.165, 1.54) is 18.4 Å². The lowest BCUT2D eigenvalue weighted by atomic mass is 9.98. The molecule has 90 valence electrons. The van der Waals surface area contributed by atoms with Gasteiger partial charge in [0.25, 0.3) is 0 Å². The van der Waals surface area contributed by atoms with Crippen molar-refractivity contribution in [3.8, 4) is 0 Å². The average Bonchev–Trinajstić information content (AvgIpc) is 2.16. The Morgan fingerprint density at radius 3 is 2.44 bits per heavy atom. The number of rotatable bonds is 5. The number of hydrogen-bond donors (Lipinski definition) is 1. The first-order valence-electron chi connectivity index (χ1n) is 6.20. The molecule has 1 unspecified atom stereocenters. The zero-order valence-electron chi connectivity index (χ0n) is 11.0. The van der Waals surface area contributed by atoms with Gasteiger partial charge in [-0.2, -0.15) is 0 Å². The molecule has 1 heterocycles. The second-order valence-corrected chi connectivity index (χ2v) is 5.06. The van der Waals surface area contributed by atoms with E-state index in [0.717, 1.165) is 23.7 Å². The zero-order chi connectivity index (χ0) is 12.1. The van der Waals surface area contributed by atoms with Crippen molar-refractivity contribution in [2.75, 3.05) is 0 Å². The summed E-state index contributed by atoms with van der Waals surface area (Å²) in [5.74, 6) is 0.768. The van der Waals surface area contributed by atoms with Gasteiger partial charge in [0, 0.05) is 17.4 Å². The Kier molecular flexibility index (Phi) is 4.94. The first-order valence-corrected chi connectivity index (χ1v) is 6.20. The molecule has 16 heavy (non-hydrogen) atoms. The lowest BCUT2D eigenvalue weighted by Gasteiger charge is -2.15. The van der Waals surface area contributed by atoms with Gasteiger partial charge in [-0.15, -0.1) is 0 Å². The second-order valence-electron chi connectivity index (χ2n) is 5.06. The highest BCUT2D eigenvalue weighted by atomic mass is 14.7. The molecule has 0 aliphatic rings. The van der Waals surface area contributed by atoms with Crippen LogP contribution in [-0.2, 0) is 0 Å². The Bertz CT molecular complexity index is 332. The van der Waals surface area contributed by atoms with E-state index in [2.05, 4.69) is 24.9 Å². The van der Waals surface area contributed by atoms with Crippen molar-refractivity contribution < 1.29 is 0 Å². The minimum atomic E-state index is 0.145. The van der Waals surface area contributed by atoms with Gasteiger partial charge >= 0.3 is 0 Å². The second kappa shape index (κ2) is 6.00. The van der Waals surface area contributed by atoms with Crippen LogP contribution < -0.4 is 5.73 Å². The van der Waals surface area contributed by atoms with Crippen molar-refractivity contribution >= 4 is 0 Å². The summed E-state index contributed by atoms with van der Waals surface area (Å²) in [4.78, 5) is 4.46. The molecule has 0 aliphatic carbocycles. The number of aromatic nitrogens is 1. The highest BCUT2D eigenvalue weighted by Crippen LogP contribution is 2.20. The van der Waals surface area contributed by atoms with E-state index in [0.29, 0.717) is 0 Å². The summed E-state index contributed by atoms with van der Waals surface area (Å²) in [5.41, 5.74) is 9.54. The van der Waals surface area contributed by atoms with Gasteiger partial charge in [0.15, 0.2) is 0 Å². The first kappa shape index (κ1) is 13.2. The number of hydrogen-bond acceptors (Lipinski definition) is 2. The maximum Gasteiger partial charge on any atom is 0.0423 e. The molecule has 0 radical (unpaired) electrons. The summed E-state index contributed by atoms with van der Waals surface area (Å²) in [6.45, 7) is 8.57. The van der Waals surface area contributed by atoms with Crippen LogP contribution in [0.2, 0.25) is 0 Å². The Hall–Kier alpha value is -0.890. The fraction of sp³-hybridized carbons (Fsp3) is 0.643. The summed E-state index contributed by atoms with van der Waals surface area (Å²) in [6, 6.07) is 4.31. The van der Waals surface area contributed by atoms with Gasteiger partial charge in [-0.25, -0.2) is 0 Å². The van der Waals surface area contributed by atoms with Crippen LogP contribution in [0.4, 0.5) is 0 Å². The third-order valence-electron chi connectivity index (χ3n) is 2.96. The van der Waals surface area contributed by atoms with Gasteiger partial charge in [0.05, 0.1) is 0 Å². The number of nitrogens with zero attached hydrogens (tertiary/aromatic N) is 1. The van der Waals surface area contributed by atoms with E-state index in [1.807, 2.05) is 19.9 Å². The average molecular weight is 220 g/mol. The molecule has 1 aromatic heterocycles. The first-order chi connectivity index (χ1) is 7.50. The maximum atomic E-state index is 6.19. The van der Waals surface area contributed by atoms with Crippen LogP contribution in [0, 0.1) is 19.8 Å². The third kappa shape index (κ3) is 3.93. The molecule has 0 bridgehead atoms. The predicted octanol–water partition coefficient (Wildman–Crippen LogP) is 3.52. The standard InChI is InChI=1S/C14H24N2/c1-10(2)6-5-7-14(15)13-9-8-11(3)16-12(13)4/h8-10,14H,5-7,15H2,1-4H3. The van der Waals surface area contributed by atoms with Crippen molar-refractivity contribution in [3.05, 3.63) is 29.1 Å². The smallest absolute Gasteiger partial charge is 0.0423 e. The molecular weight excluding hydrogens is 196 g/mol. The zero-order valence-corrected chi connectivity index (χ0v) is 11.0. The highest BCUT2D eigenvalue weighted by molar-refractivity contribution is 5.24. The highest BCUT2D eigenvalue weighted by Gasteiger charge is 2.09. The number of pyridine rings is 1. The van der Waals surface area contributed by atoms with E-state index in [4.69, 9.17) is 5.73 Å². The summed E-state index contributed by atoms with van der Waals surface area (Å²) in [6.07, 6.45) is 3.52. The van der Waals surface area contributed by atoms with Crippen molar-refractivity contribution in [2.24, 2.45) is 11.7 Å². The van der Waals surface area contributed by atoms with Gasteiger partial charge < -0.3 is 5.73 Å². The molecule has 2 heteroatoms. The molecular formula is C14H24N2. The van der Waals surface area contributed by atoms with Crippen LogP contribution in [0.3, 0.4) is 0 Å². The molecule has 1 rings (SSSR count). The van der Waals surface area contributed by atoms with Crippen LogP contribution in [0.1, 0.15) is 56.1 Å². The van der Waals surface area contributed by atoms with Crippen LogP contribution in [0.5, 0.6) is 0 Å². The molecule has 0 saturated heterocycles. The monoisotopic (exact) mass is 220 g/mol. The van der Waals surface area contributed by atoms with Crippen LogP contribution in [0.25, 0.3) is 0 Å². The lowest BCUT2D eigenvalue weighted by Crippen LogP contribution is -2.13. The van der Waals surface area contributed by atoms with Gasteiger partial charge in [0.1, 0.15) is 0 Å². The van der Waals surface area contributed by atoms with E-state index in [9.17, 15) is 0 Å². The molecule has 0 aromatic carbocycles. The summed E-state index contributed by atoms with van der Waals surface area (Å²) >= 11 is 0. The maximum absolute atomic E-state index is 6.19. The Morgan fingerprint density at radius 2 is 1.88 bits per heavy atom. The van der Waals surface area contributed by atoms with Crippen LogP contribution >= 0.6 is 0 Å². The Balaban J connectivity index is 2.55. The SMILES string of the molecule is Cc1ccc(C(N)CCCC(C)C)c(C)n1. The lowest BCUT2D eigenvalue weighted by molar-refractivity contribution is 0.504. The van der Waals surface area contributed by atoms with Crippen LogP contribution in [0.15, 0.2) is 12.1 Å². The Morgan fingerprint density at radius 1 is 1.19 bits per heavy atom. The molecule has 0 spiro atoms. The van der Waals surface area contributed by atoms with Crippen LogP contribution in [-0.4, -0.2) is 4.98 Å². The summed E-state index contributed by atoms with van der Waals surface area (Å²) < 4.78 is 0. The van der Waals surface area contributed by atoms with Crippen molar-refractivity contribution in [3.63, 3.8) is 0 Å². The van der Waals surface area contributed by atoms with Crippen molar-refractivity contribution in [1.29, 1.82) is 0 Å². The topological polar surface area (TPSA) is 38.9 Å². The summed E-state index contributed by atoms with van der Waals surface area (Å²) in [5, 5.41) is 0. The fourth-order valence-electron chi connectivity index (χ4n) is 1.99. The van der Waals surface area contributed by atoms with Gasteiger partial charge in [-0.3, -0.25) is 4.98 Å². The van der Waals surface area contributed by atoms with Crippen molar-refractivity contribution in [1.82, 2.24) is 4.98 Å².